The van der Waals surface area contributed by atoms with Crippen LogP contribution in [0.25, 0.3) is 0 Å². The van der Waals surface area contributed by atoms with Gasteiger partial charge in [-0.25, -0.2) is 0 Å². The van der Waals surface area contributed by atoms with Crippen molar-refractivity contribution in [2.45, 2.75) is 13.3 Å². The first-order valence-electron chi connectivity index (χ1n) is 5.12. The average molecular weight is 223 g/mol. The number of hydrogen-bond acceptors (Lipinski definition) is 3. The Labute approximate surface area is 92.7 Å². The Balaban J connectivity index is 1.88. The van der Waals surface area contributed by atoms with Gasteiger partial charge < -0.3 is 14.4 Å². The third-order valence-electron chi connectivity index (χ3n) is 2.69. The summed E-state index contributed by atoms with van der Waals surface area (Å²) < 4.78 is 5.05. The van der Waals surface area contributed by atoms with E-state index in [1.807, 2.05) is 0 Å². The molecule has 2 rings (SSSR count). The van der Waals surface area contributed by atoms with Crippen molar-refractivity contribution < 1.29 is 19.1 Å². The maximum atomic E-state index is 11.8. The molecule has 1 aliphatic rings. The quantitative estimate of drug-likeness (QED) is 0.834. The van der Waals surface area contributed by atoms with Crippen molar-refractivity contribution >= 4 is 11.9 Å². The lowest BCUT2D eigenvalue weighted by Gasteiger charge is -2.38. The summed E-state index contributed by atoms with van der Waals surface area (Å²) in [5.74, 6) is -0.102. The third-order valence-corrected chi connectivity index (χ3v) is 2.69. The summed E-state index contributed by atoms with van der Waals surface area (Å²) in [5.41, 5.74) is 0.534. The molecule has 0 spiro atoms. The molecule has 5 nitrogen and oxygen atoms in total. The first-order valence-corrected chi connectivity index (χ1v) is 5.12. The van der Waals surface area contributed by atoms with Crippen molar-refractivity contribution in [3.8, 4) is 0 Å². The lowest BCUT2D eigenvalue weighted by molar-refractivity contribution is -0.139. The topological polar surface area (TPSA) is 70.8 Å². The first kappa shape index (κ1) is 10.7. The van der Waals surface area contributed by atoms with Crippen molar-refractivity contribution in [3.63, 3.8) is 0 Å². The second kappa shape index (κ2) is 4.00. The number of carbonyl (C=O) groups excluding carboxylic acids is 1. The Morgan fingerprint density at radius 3 is 2.75 bits per heavy atom. The Morgan fingerprint density at radius 2 is 2.25 bits per heavy atom. The fourth-order valence-electron chi connectivity index (χ4n) is 1.85. The Hall–Kier alpha value is -1.78. The van der Waals surface area contributed by atoms with Crippen LogP contribution < -0.4 is 0 Å². The van der Waals surface area contributed by atoms with Gasteiger partial charge >= 0.3 is 5.97 Å². The van der Waals surface area contributed by atoms with E-state index in [2.05, 4.69) is 0 Å². The molecule has 1 fully saturated rings. The zero-order valence-corrected chi connectivity index (χ0v) is 8.97. The molecule has 1 N–H and O–H groups in total. The summed E-state index contributed by atoms with van der Waals surface area (Å²) >= 11 is 0. The van der Waals surface area contributed by atoms with Crippen LogP contribution in [0.2, 0.25) is 0 Å². The third kappa shape index (κ3) is 2.08. The van der Waals surface area contributed by atoms with E-state index in [-0.39, 0.29) is 18.2 Å². The number of carbonyl (C=O) groups is 2. The average Bonchev–Trinajstić information content (AvgIpc) is 2.56. The smallest absolute Gasteiger partial charge is 0.303 e. The second-order valence-electron chi connectivity index (χ2n) is 4.12. The van der Waals surface area contributed by atoms with Crippen molar-refractivity contribution in [3.05, 3.63) is 23.7 Å². The molecule has 1 amide bonds. The number of amides is 1. The number of nitrogens with zero attached hydrogens (tertiary/aromatic N) is 1. The molecule has 0 bridgehead atoms. The van der Waals surface area contributed by atoms with E-state index in [1.54, 1.807) is 17.9 Å². The molecular weight excluding hydrogens is 210 g/mol. The van der Waals surface area contributed by atoms with Gasteiger partial charge in [0.25, 0.3) is 5.91 Å². The zero-order valence-electron chi connectivity index (χ0n) is 8.97. The van der Waals surface area contributed by atoms with E-state index < -0.39 is 5.97 Å². The van der Waals surface area contributed by atoms with Gasteiger partial charge in [0.2, 0.25) is 0 Å². The fraction of sp³-hybridized carbons (Fsp3) is 0.455. The number of furan rings is 1. The molecule has 86 valence electrons. The standard InChI is InChI=1S/C11H13NO4/c1-7-2-9(6-16-7)11(15)12-4-8(5-12)3-10(13)14/h2,6,8H,3-5H2,1H3,(H,13,14). The minimum absolute atomic E-state index is 0.0847. The molecule has 0 radical (unpaired) electrons. The molecule has 0 aliphatic carbocycles. The van der Waals surface area contributed by atoms with Gasteiger partial charge in [-0.3, -0.25) is 9.59 Å². The predicted molar refractivity (Wildman–Crippen MR) is 55.1 cm³/mol. The second-order valence-corrected chi connectivity index (χ2v) is 4.12. The summed E-state index contributed by atoms with van der Waals surface area (Å²) in [5, 5.41) is 8.58. The highest BCUT2D eigenvalue weighted by molar-refractivity contribution is 5.94. The summed E-state index contributed by atoms with van der Waals surface area (Å²) in [7, 11) is 0. The van der Waals surface area contributed by atoms with Crippen LogP contribution in [0, 0.1) is 12.8 Å². The lowest BCUT2D eigenvalue weighted by Crippen LogP contribution is -2.50. The Morgan fingerprint density at radius 1 is 1.56 bits per heavy atom. The summed E-state index contributed by atoms with van der Waals surface area (Å²) in [6.07, 6.45) is 1.57. The van der Waals surface area contributed by atoms with Crippen molar-refractivity contribution in [2.24, 2.45) is 5.92 Å². The molecule has 0 atom stereocenters. The van der Waals surface area contributed by atoms with Gasteiger partial charge in [0, 0.05) is 19.0 Å². The van der Waals surface area contributed by atoms with Crippen LogP contribution in [0.1, 0.15) is 22.5 Å². The predicted octanol–water partition coefficient (Wildman–Crippen LogP) is 1.13. The molecule has 1 aliphatic heterocycles. The van der Waals surface area contributed by atoms with Gasteiger partial charge in [-0.2, -0.15) is 0 Å². The van der Waals surface area contributed by atoms with E-state index in [9.17, 15) is 9.59 Å². The number of carboxylic acid groups (broad SMARTS) is 1. The molecule has 1 aromatic heterocycles. The molecule has 1 aromatic rings. The van der Waals surface area contributed by atoms with Crippen molar-refractivity contribution in [1.29, 1.82) is 0 Å². The molecular formula is C11H13NO4. The number of aliphatic carboxylic acids is 1. The molecule has 0 unspecified atom stereocenters. The lowest BCUT2D eigenvalue weighted by atomic mass is 9.96. The van der Waals surface area contributed by atoms with Gasteiger partial charge in [-0.05, 0) is 13.0 Å². The van der Waals surface area contributed by atoms with Crippen LogP contribution in [-0.4, -0.2) is 35.0 Å². The van der Waals surface area contributed by atoms with Crippen LogP contribution in [0.15, 0.2) is 16.7 Å². The molecule has 2 heterocycles. The highest BCUT2D eigenvalue weighted by atomic mass is 16.4. The van der Waals surface area contributed by atoms with E-state index in [4.69, 9.17) is 9.52 Å². The number of likely N-dealkylation sites (tertiary alicyclic amines) is 1. The summed E-state index contributed by atoms with van der Waals surface area (Å²) in [4.78, 5) is 23.9. The van der Waals surface area contributed by atoms with Crippen molar-refractivity contribution in [1.82, 2.24) is 4.90 Å². The minimum atomic E-state index is -0.809. The number of hydrogen-bond donors (Lipinski definition) is 1. The number of rotatable bonds is 3. The first-order chi connectivity index (χ1) is 7.56. The van der Waals surface area contributed by atoms with Crippen LogP contribution >= 0.6 is 0 Å². The molecule has 5 heteroatoms. The maximum absolute atomic E-state index is 11.8. The Bertz CT molecular complexity index is 417. The molecule has 0 aromatic carbocycles. The highest BCUT2D eigenvalue weighted by Gasteiger charge is 2.32. The summed E-state index contributed by atoms with van der Waals surface area (Å²) in [6.45, 7) is 2.82. The monoisotopic (exact) mass is 223 g/mol. The van der Waals surface area contributed by atoms with E-state index in [1.165, 1.54) is 6.26 Å². The minimum Gasteiger partial charge on any atom is -0.481 e. The van der Waals surface area contributed by atoms with Crippen LogP contribution in [0.4, 0.5) is 0 Å². The van der Waals surface area contributed by atoms with Gasteiger partial charge in [0.1, 0.15) is 12.0 Å². The molecule has 1 saturated heterocycles. The van der Waals surface area contributed by atoms with Crippen LogP contribution in [-0.2, 0) is 4.79 Å². The molecule has 16 heavy (non-hydrogen) atoms. The maximum Gasteiger partial charge on any atom is 0.303 e. The van der Waals surface area contributed by atoms with Gasteiger partial charge in [0.05, 0.1) is 12.0 Å². The van der Waals surface area contributed by atoms with Gasteiger partial charge in [-0.1, -0.05) is 0 Å². The Kier molecular flexibility index (Phi) is 2.68. The van der Waals surface area contributed by atoms with Crippen LogP contribution in [0.5, 0.6) is 0 Å². The van der Waals surface area contributed by atoms with E-state index >= 15 is 0 Å². The zero-order chi connectivity index (χ0) is 11.7. The van der Waals surface area contributed by atoms with E-state index in [0.29, 0.717) is 24.4 Å². The largest absolute Gasteiger partial charge is 0.481 e. The van der Waals surface area contributed by atoms with E-state index in [0.717, 1.165) is 0 Å². The highest BCUT2D eigenvalue weighted by Crippen LogP contribution is 2.22. The van der Waals surface area contributed by atoms with Gasteiger partial charge in [0.15, 0.2) is 0 Å². The fourth-order valence-corrected chi connectivity index (χ4v) is 1.85. The summed E-state index contributed by atoms with van der Waals surface area (Å²) in [6, 6.07) is 1.69. The number of aryl methyl sites for hydroxylation is 1. The normalized spacial score (nSPS) is 15.9. The van der Waals surface area contributed by atoms with Crippen LogP contribution in [0.3, 0.4) is 0 Å². The SMILES string of the molecule is Cc1cc(C(=O)N2CC(CC(=O)O)C2)co1. The molecule has 0 saturated carbocycles. The number of carboxylic acids is 1. The van der Waals surface area contributed by atoms with Gasteiger partial charge in [-0.15, -0.1) is 0 Å². The van der Waals surface area contributed by atoms with Crippen molar-refractivity contribution in [2.75, 3.05) is 13.1 Å².